The molecule has 4 nitrogen and oxygen atoms in total. The molecule has 1 saturated heterocycles. The quantitative estimate of drug-likeness (QED) is 0.738. The second-order valence-corrected chi connectivity index (χ2v) is 5.51. The summed E-state index contributed by atoms with van der Waals surface area (Å²) < 4.78 is 0. The van der Waals surface area contributed by atoms with Gasteiger partial charge < -0.3 is 10.8 Å². The first kappa shape index (κ1) is 11.9. The maximum atomic E-state index is 11.1. The summed E-state index contributed by atoms with van der Waals surface area (Å²) in [5.41, 5.74) is 4.90. The summed E-state index contributed by atoms with van der Waals surface area (Å²) in [6.45, 7) is 3.65. The molecule has 92 valence electrons. The van der Waals surface area contributed by atoms with Crippen LogP contribution in [-0.4, -0.2) is 40.6 Å². The van der Waals surface area contributed by atoms with Gasteiger partial charge in [-0.1, -0.05) is 19.8 Å². The van der Waals surface area contributed by atoms with E-state index in [-0.39, 0.29) is 0 Å². The van der Waals surface area contributed by atoms with Gasteiger partial charge in [0.2, 0.25) is 0 Å². The number of nitrogens with zero attached hydrogens (tertiary/aromatic N) is 1. The molecule has 0 radical (unpaired) electrons. The minimum absolute atomic E-state index is 0.525. The van der Waals surface area contributed by atoms with Crippen LogP contribution in [-0.2, 0) is 4.79 Å². The van der Waals surface area contributed by atoms with E-state index in [0.29, 0.717) is 24.9 Å². The van der Waals surface area contributed by atoms with Gasteiger partial charge in [0.15, 0.2) is 0 Å². The first-order valence-corrected chi connectivity index (χ1v) is 6.29. The third-order valence-electron chi connectivity index (χ3n) is 4.29. The molecule has 2 fully saturated rings. The van der Waals surface area contributed by atoms with Gasteiger partial charge in [0, 0.05) is 19.1 Å². The second kappa shape index (κ2) is 4.34. The van der Waals surface area contributed by atoms with Gasteiger partial charge in [-0.3, -0.25) is 9.69 Å². The maximum Gasteiger partial charge on any atom is 0.325 e. The van der Waals surface area contributed by atoms with E-state index in [0.717, 1.165) is 6.54 Å². The zero-order chi connectivity index (χ0) is 11.8. The van der Waals surface area contributed by atoms with E-state index >= 15 is 0 Å². The molecule has 4 heteroatoms. The number of hydrogen-bond acceptors (Lipinski definition) is 3. The molecule has 3 N–H and O–H groups in total. The highest BCUT2D eigenvalue weighted by molar-refractivity contribution is 5.79. The number of carboxylic acid groups (broad SMARTS) is 1. The predicted octanol–water partition coefficient (Wildman–Crippen LogP) is 1.05. The molecule has 0 spiro atoms. The van der Waals surface area contributed by atoms with Crippen LogP contribution in [0.15, 0.2) is 0 Å². The molecule has 0 bridgehead atoms. The SMILES string of the molecule is CC1CCCCC1N1CCC(N)(C(=O)O)C1. The van der Waals surface area contributed by atoms with Crippen molar-refractivity contribution >= 4 is 5.97 Å². The van der Waals surface area contributed by atoms with E-state index in [1.165, 1.54) is 25.7 Å². The maximum absolute atomic E-state index is 11.1. The minimum Gasteiger partial charge on any atom is -0.480 e. The molecule has 3 atom stereocenters. The second-order valence-electron chi connectivity index (χ2n) is 5.51. The van der Waals surface area contributed by atoms with Gasteiger partial charge in [0.25, 0.3) is 0 Å². The lowest BCUT2D eigenvalue weighted by Crippen LogP contribution is -2.52. The Morgan fingerprint density at radius 2 is 2.12 bits per heavy atom. The van der Waals surface area contributed by atoms with Gasteiger partial charge >= 0.3 is 5.97 Å². The molecule has 0 amide bonds. The minimum atomic E-state index is -1.00. The van der Waals surface area contributed by atoms with Crippen molar-refractivity contribution in [3.63, 3.8) is 0 Å². The van der Waals surface area contributed by atoms with Crippen LogP contribution in [0.3, 0.4) is 0 Å². The van der Waals surface area contributed by atoms with Gasteiger partial charge in [0.05, 0.1) is 0 Å². The van der Waals surface area contributed by atoms with Crippen LogP contribution >= 0.6 is 0 Å². The molecular weight excluding hydrogens is 204 g/mol. The first-order valence-electron chi connectivity index (χ1n) is 6.29. The van der Waals surface area contributed by atoms with Crippen molar-refractivity contribution in [2.24, 2.45) is 11.7 Å². The zero-order valence-corrected chi connectivity index (χ0v) is 9.98. The van der Waals surface area contributed by atoms with Crippen LogP contribution in [0, 0.1) is 5.92 Å². The van der Waals surface area contributed by atoms with E-state index in [1.54, 1.807) is 0 Å². The third kappa shape index (κ3) is 2.09. The average Bonchev–Trinajstić information content (AvgIpc) is 2.63. The number of carbonyl (C=O) groups is 1. The summed E-state index contributed by atoms with van der Waals surface area (Å²) in [7, 11) is 0. The highest BCUT2D eigenvalue weighted by atomic mass is 16.4. The fourth-order valence-corrected chi connectivity index (χ4v) is 3.16. The molecule has 2 aliphatic rings. The van der Waals surface area contributed by atoms with Crippen molar-refractivity contribution in [3.05, 3.63) is 0 Å². The molecule has 1 aliphatic heterocycles. The monoisotopic (exact) mass is 226 g/mol. The summed E-state index contributed by atoms with van der Waals surface area (Å²) in [5, 5.41) is 9.10. The van der Waals surface area contributed by atoms with Crippen LogP contribution in [0.2, 0.25) is 0 Å². The van der Waals surface area contributed by atoms with Crippen molar-refractivity contribution in [1.29, 1.82) is 0 Å². The van der Waals surface area contributed by atoms with Crippen LogP contribution in [0.4, 0.5) is 0 Å². The standard InChI is InChI=1S/C12H22N2O2/c1-9-4-2-3-5-10(9)14-7-6-12(13,8-14)11(15)16/h9-10H,2-8,13H2,1H3,(H,15,16). The molecule has 0 aromatic heterocycles. The number of rotatable bonds is 2. The van der Waals surface area contributed by atoms with E-state index in [4.69, 9.17) is 10.8 Å². The van der Waals surface area contributed by atoms with Crippen molar-refractivity contribution in [2.75, 3.05) is 13.1 Å². The van der Waals surface area contributed by atoms with E-state index in [2.05, 4.69) is 11.8 Å². The average molecular weight is 226 g/mol. The Kier molecular flexibility index (Phi) is 3.22. The molecule has 0 aromatic rings. The van der Waals surface area contributed by atoms with E-state index in [1.807, 2.05) is 0 Å². The normalized spacial score (nSPS) is 41.1. The zero-order valence-electron chi connectivity index (χ0n) is 9.98. The summed E-state index contributed by atoms with van der Waals surface area (Å²) in [6.07, 6.45) is 5.66. The van der Waals surface area contributed by atoms with Crippen LogP contribution in [0.5, 0.6) is 0 Å². The molecule has 0 aromatic carbocycles. The van der Waals surface area contributed by atoms with Gasteiger partial charge in [0.1, 0.15) is 5.54 Å². The van der Waals surface area contributed by atoms with Gasteiger partial charge in [-0.05, 0) is 25.2 Å². The van der Waals surface area contributed by atoms with Crippen molar-refractivity contribution in [3.8, 4) is 0 Å². The number of nitrogens with two attached hydrogens (primary N) is 1. The Labute approximate surface area is 96.8 Å². The number of aliphatic carboxylic acids is 1. The summed E-state index contributed by atoms with van der Waals surface area (Å²) in [5.74, 6) is -0.164. The molecule has 1 heterocycles. The largest absolute Gasteiger partial charge is 0.480 e. The number of hydrogen-bond donors (Lipinski definition) is 2. The number of carboxylic acids is 1. The van der Waals surface area contributed by atoms with Gasteiger partial charge in [-0.2, -0.15) is 0 Å². The first-order chi connectivity index (χ1) is 7.53. The van der Waals surface area contributed by atoms with Gasteiger partial charge in [-0.15, -0.1) is 0 Å². The Bertz CT molecular complexity index is 282. The summed E-state index contributed by atoms with van der Waals surface area (Å²) >= 11 is 0. The fraction of sp³-hybridized carbons (Fsp3) is 0.917. The molecule has 1 aliphatic carbocycles. The molecule has 3 unspecified atom stereocenters. The van der Waals surface area contributed by atoms with Crippen molar-refractivity contribution < 1.29 is 9.90 Å². The molecule has 16 heavy (non-hydrogen) atoms. The Balaban J connectivity index is 2.00. The van der Waals surface area contributed by atoms with Crippen LogP contribution < -0.4 is 5.73 Å². The third-order valence-corrected chi connectivity index (χ3v) is 4.29. The van der Waals surface area contributed by atoms with Crippen molar-refractivity contribution in [2.45, 2.75) is 50.6 Å². The van der Waals surface area contributed by atoms with Crippen LogP contribution in [0.1, 0.15) is 39.0 Å². The highest BCUT2D eigenvalue weighted by Gasteiger charge is 2.44. The Hall–Kier alpha value is -0.610. The smallest absolute Gasteiger partial charge is 0.325 e. The summed E-state index contributed by atoms with van der Waals surface area (Å²) in [4.78, 5) is 13.4. The molecule has 2 rings (SSSR count). The predicted molar refractivity (Wildman–Crippen MR) is 62.2 cm³/mol. The fourth-order valence-electron chi connectivity index (χ4n) is 3.16. The molecule has 1 saturated carbocycles. The lowest BCUT2D eigenvalue weighted by atomic mass is 9.85. The van der Waals surface area contributed by atoms with Crippen molar-refractivity contribution in [1.82, 2.24) is 4.90 Å². The Morgan fingerprint density at radius 3 is 2.69 bits per heavy atom. The van der Waals surface area contributed by atoms with E-state index in [9.17, 15) is 4.79 Å². The lowest BCUT2D eigenvalue weighted by Gasteiger charge is -2.36. The Morgan fingerprint density at radius 1 is 1.44 bits per heavy atom. The van der Waals surface area contributed by atoms with Gasteiger partial charge in [-0.25, -0.2) is 0 Å². The summed E-state index contributed by atoms with van der Waals surface area (Å²) in [6, 6.07) is 0.554. The highest BCUT2D eigenvalue weighted by Crippen LogP contribution is 2.32. The number of likely N-dealkylation sites (tertiary alicyclic amines) is 1. The van der Waals surface area contributed by atoms with Crippen LogP contribution in [0.25, 0.3) is 0 Å². The van der Waals surface area contributed by atoms with E-state index < -0.39 is 11.5 Å². The lowest BCUT2D eigenvalue weighted by molar-refractivity contribution is -0.142. The topological polar surface area (TPSA) is 66.6 Å². The molecular formula is C12H22N2O2.